The Labute approximate surface area is 85.9 Å². The Kier molecular flexibility index (Phi) is 3.32. The number of rotatable bonds is 3. The van der Waals surface area contributed by atoms with Crippen molar-refractivity contribution in [3.8, 4) is 0 Å². The summed E-state index contributed by atoms with van der Waals surface area (Å²) < 4.78 is 23.4. The smallest absolute Gasteiger partial charge is 0.182 e. The normalized spacial score (nSPS) is 11.6. The van der Waals surface area contributed by atoms with Gasteiger partial charge in [0.05, 0.1) is 10.6 Å². The number of benzene rings is 1. The molecule has 0 heterocycles. The fraction of sp³-hybridized carbons (Fsp3) is 0.364. The zero-order chi connectivity index (χ0) is 10.8. The molecule has 2 nitrogen and oxygen atoms in total. The third-order valence-electron chi connectivity index (χ3n) is 2.02. The molecule has 0 N–H and O–H groups in total. The molecular formula is C11H15O2S. The van der Waals surface area contributed by atoms with Gasteiger partial charge in [-0.2, -0.15) is 0 Å². The highest BCUT2D eigenvalue weighted by Gasteiger charge is 2.15. The van der Waals surface area contributed by atoms with Crippen LogP contribution in [0.25, 0.3) is 0 Å². The number of aryl methyl sites for hydroxylation is 2. The third kappa shape index (κ3) is 2.35. The lowest BCUT2D eigenvalue weighted by atomic mass is 10.2. The second-order valence-corrected chi connectivity index (χ2v) is 5.25. The fourth-order valence-corrected chi connectivity index (χ4v) is 2.81. The maximum atomic E-state index is 11.7. The van der Waals surface area contributed by atoms with Crippen molar-refractivity contribution in [2.75, 3.05) is 0 Å². The van der Waals surface area contributed by atoms with Crippen LogP contribution in [0.15, 0.2) is 23.1 Å². The van der Waals surface area contributed by atoms with Crippen molar-refractivity contribution in [2.24, 2.45) is 0 Å². The molecule has 0 saturated carbocycles. The minimum Gasteiger partial charge on any atom is -0.223 e. The maximum absolute atomic E-state index is 11.7. The van der Waals surface area contributed by atoms with Gasteiger partial charge >= 0.3 is 0 Å². The highest BCUT2D eigenvalue weighted by Crippen LogP contribution is 2.20. The SMILES string of the molecule is CC[CH]S(=O)(=O)c1ccc(C)cc1C. The Hall–Kier alpha value is -0.830. The molecule has 3 heteroatoms. The molecule has 1 aromatic rings. The summed E-state index contributed by atoms with van der Waals surface area (Å²) in [6.07, 6.45) is 0.537. The molecule has 0 atom stereocenters. The third-order valence-corrected chi connectivity index (χ3v) is 3.87. The van der Waals surface area contributed by atoms with E-state index in [1.807, 2.05) is 32.9 Å². The van der Waals surface area contributed by atoms with Crippen LogP contribution in [0.2, 0.25) is 0 Å². The van der Waals surface area contributed by atoms with Crippen LogP contribution in [-0.4, -0.2) is 8.42 Å². The molecule has 1 rings (SSSR count). The molecule has 0 saturated heterocycles. The first-order chi connectivity index (χ1) is 6.47. The van der Waals surface area contributed by atoms with Gasteiger partial charge in [0.25, 0.3) is 0 Å². The summed E-state index contributed by atoms with van der Waals surface area (Å²) >= 11 is 0. The van der Waals surface area contributed by atoms with E-state index < -0.39 is 9.84 Å². The summed E-state index contributed by atoms with van der Waals surface area (Å²) in [6.45, 7) is 5.59. The van der Waals surface area contributed by atoms with Gasteiger partial charge in [-0.3, -0.25) is 0 Å². The molecule has 1 radical (unpaired) electrons. The van der Waals surface area contributed by atoms with Gasteiger partial charge in [-0.1, -0.05) is 24.6 Å². The van der Waals surface area contributed by atoms with Crippen LogP contribution < -0.4 is 0 Å². The van der Waals surface area contributed by atoms with Crippen LogP contribution in [0.5, 0.6) is 0 Å². The average molecular weight is 211 g/mol. The van der Waals surface area contributed by atoms with Crippen molar-refractivity contribution >= 4 is 9.84 Å². The first-order valence-corrected chi connectivity index (χ1v) is 6.17. The Bertz CT molecular complexity index is 419. The van der Waals surface area contributed by atoms with E-state index in [4.69, 9.17) is 0 Å². The lowest BCUT2D eigenvalue weighted by molar-refractivity contribution is 0.599. The van der Waals surface area contributed by atoms with E-state index in [1.54, 1.807) is 6.07 Å². The zero-order valence-electron chi connectivity index (χ0n) is 8.74. The summed E-state index contributed by atoms with van der Waals surface area (Å²) in [5, 5.41) is 0. The highest BCUT2D eigenvalue weighted by atomic mass is 32.2. The summed E-state index contributed by atoms with van der Waals surface area (Å²) in [5.41, 5.74) is 1.90. The van der Waals surface area contributed by atoms with Crippen molar-refractivity contribution in [1.82, 2.24) is 0 Å². The van der Waals surface area contributed by atoms with Crippen LogP contribution in [0.3, 0.4) is 0 Å². The molecule has 0 fully saturated rings. The van der Waals surface area contributed by atoms with E-state index in [-0.39, 0.29) is 0 Å². The summed E-state index contributed by atoms with van der Waals surface area (Å²) in [4.78, 5) is 0.421. The first kappa shape index (κ1) is 11.2. The quantitative estimate of drug-likeness (QED) is 0.770. The molecule has 0 spiro atoms. The Morgan fingerprint density at radius 3 is 2.43 bits per heavy atom. The molecule has 0 aromatic heterocycles. The molecule has 0 unspecified atom stereocenters. The lowest BCUT2D eigenvalue weighted by Gasteiger charge is -2.06. The predicted octanol–water partition coefficient (Wildman–Crippen LogP) is 2.65. The summed E-state index contributed by atoms with van der Waals surface area (Å²) in [6, 6.07) is 5.38. The second kappa shape index (κ2) is 4.13. The zero-order valence-corrected chi connectivity index (χ0v) is 9.56. The predicted molar refractivity (Wildman–Crippen MR) is 57.7 cm³/mol. The van der Waals surface area contributed by atoms with Gasteiger partial charge in [0, 0.05) is 0 Å². The molecular weight excluding hydrogens is 196 g/mol. The molecule has 77 valence electrons. The molecule has 0 amide bonds. The number of hydrogen-bond acceptors (Lipinski definition) is 2. The van der Waals surface area contributed by atoms with E-state index in [2.05, 4.69) is 0 Å². The minimum absolute atomic E-state index is 0.421. The lowest BCUT2D eigenvalue weighted by Crippen LogP contribution is -2.03. The topological polar surface area (TPSA) is 34.1 Å². The van der Waals surface area contributed by atoms with Crippen molar-refractivity contribution in [1.29, 1.82) is 0 Å². The van der Waals surface area contributed by atoms with Gasteiger partial charge in [-0.05, 0) is 31.9 Å². The van der Waals surface area contributed by atoms with Crippen molar-refractivity contribution in [2.45, 2.75) is 32.1 Å². The van der Waals surface area contributed by atoms with Crippen LogP contribution in [0, 0.1) is 19.6 Å². The van der Waals surface area contributed by atoms with Gasteiger partial charge < -0.3 is 0 Å². The molecule has 14 heavy (non-hydrogen) atoms. The Morgan fingerprint density at radius 2 is 1.93 bits per heavy atom. The summed E-state index contributed by atoms with van der Waals surface area (Å²) in [5.74, 6) is 1.35. The van der Waals surface area contributed by atoms with Crippen LogP contribution >= 0.6 is 0 Å². The van der Waals surface area contributed by atoms with Crippen LogP contribution in [-0.2, 0) is 9.84 Å². The monoisotopic (exact) mass is 211 g/mol. The molecule has 0 aliphatic rings. The maximum Gasteiger partial charge on any atom is 0.182 e. The van der Waals surface area contributed by atoms with Crippen molar-refractivity contribution in [3.63, 3.8) is 0 Å². The Morgan fingerprint density at radius 1 is 1.29 bits per heavy atom. The van der Waals surface area contributed by atoms with Gasteiger partial charge in [-0.15, -0.1) is 0 Å². The number of sulfone groups is 1. The minimum atomic E-state index is -3.18. The molecule has 0 aliphatic heterocycles. The molecule has 0 bridgehead atoms. The van der Waals surface area contributed by atoms with E-state index in [9.17, 15) is 8.42 Å². The summed E-state index contributed by atoms with van der Waals surface area (Å²) in [7, 11) is -3.18. The fourth-order valence-electron chi connectivity index (χ4n) is 1.43. The number of hydrogen-bond donors (Lipinski definition) is 0. The average Bonchev–Trinajstić information content (AvgIpc) is 2.02. The first-order valence-electron chi connectivity index (χ1n) is 4.63. The molecule has 0 aliphatic carbocycles. The van der Waals surface area contributed by atoms with E-state index in [0.29, 0.717) is 11.3 Å². The largest absolute Gasteiger partial charge is 0.223 e. The standard InChI is InChI=1S/C11H15O2S/c1-4-7-14(12,13)11-6-5-9(2)8-10(11)3/h5-8H,4H2,1-3H3. The van der Waals surface area contributed by atoms with Gasteiger partial charge in [-0.25, -0.2) is 8.42 Å². The van der Waals surface area contributed by atoms with E-state index in [1.165, 1.54) is 5.75 Å². The van der Waals surface area contributed by atoms with Gasteiger partial charge in [0.15, 0.2) is 9.84 Å². The Balaban J connectivity index is 3.20. The van der Waals surface area contributed by atoms with E-state index in [0.717, 1.165) is 11.1 Å². The van der Waals surface area contributed by atoms with Crippen molar-refractivity contribution in [3.05, 3.63) is 35.1 Å². The van der Waals surface area contributed by atoms with Crippen LogP contribution in [0.4, 0.5) is 0 Å². The van der Waals surface area contributed by atoms with Crippen molar-refractivity contribution < 1.29 is 8.42 Å². The van der Waals surface area contributed by atoms with Gasteiger partial charge in [0.1, 0.15) is 0 Å². The van der Waals surface area contributed by atoms with Crippen LogP contribution in [0.1, 0.15) is 24.5 Å². The van der Waals surface area contributed by atoms with Gasteiger partial charge in [0.2, 0.25) is 0 Å². The van der Waals surface area contributed by atoms with E-state index >= 15 is 0 Å². The highest BCUT2D eigenvalue weighted by molar-refractivity contribution is 7.93. The molecule has 1 aromatic carbocycles. The second-order valence-electron chi connectivity index (χ2n) is 3.39.